The van der Waals surface area contributed by atoms with Crippen LogP contribution >= 0.6 is 0 Å². The van der Waals surface area contributed by atoms with Gasteiger partial charge in [-0.2, -0.15) is 0 Å². The maximum atomic E-state index is 12.2. The summed E-state index contributed by atoms with van der Waals surface area (Å²) in [6.07, 6.45) is 9.03. The van der Waals surface area contributed by atoms with Gasteiger partial charge in [0.1, 0.15) is 0 Å². The summed E-state index contributed by atoms with van der Waals surface area (Å²) in [7, 11) is 1.63. The van der Waals surface area contributed by atoms with Crippen LogP contribution in [0.3, 0.4) is 0 Å². The molecule has 2 amide bonds. The van der Waals surface area contributed by atoms with Crippen molar-refractivity contribution in [2.45, 2.75) is 95.5 Å². The fourth-order valence-corrected chi connectivity index (χ4v) is 5.34. The molecular formula is C21H33NO4. The lowest BCUT2D eigenvalue weighted by Crippen LogP contribution is -2.27. The Kier molecular flexibility index (Phi) is 4.47. The molecule has 3 heterocycles. The first-order chi connectivity index (χ1) is 12.3. The number of rotatable bonds is 7. The standard InChI is InChI=1S/C21H33NO4/c1-5-20(2)17(25-20)10-11-21(3)16(26-21)9-7-13-6-8-14-15(12-13)19(24)22(4)18(14)23/h13-17H,5-12H2,1-4H3. The fraction of sp³-hybridized carbons (Fsp3) is 0.905. The predicted octanol–water partition coefficient (Wildman–Crippen LogP) is 3.30. The number of carbonyl (C=O) groups is 2. The maximum absolute atomic E-state index is 12.2. The molecule has 7 atom stereocenters. The van der Waals surface area contributed by atoms with Crippen LogP contribution in [0.2, 0.25) is 0 Å². The third-order valence-corrected chi connectivity index (χ3v) is 7.77. The molecule has 0 bridgehead atoms. The van der Waals surface area contributed by atoms with Crippen molar-refractivity contribution >= 4 is 11.8 Å². The highest BCUT2D eigenvalue weighted by Crippen LogP contribution is 2.49. The van der Waals surface area contributed by atoms with Crippen LogP contribution in [0.5, 0.6) is 0 Å². The van der Waals surface area contributed by atoms with Gasteiger partial charge in [0.05, 0.1) is 35.2 Å². The molecule has 146 valence electrons. The zero-order chi connectivity index (χ0) is 18.7. The number of amides is 2. The van der Waals surface area contributed by atoms with Crippen molar-refractivity contribution in [2.24, 2.45) is 17.8 Å². The molecule has 0 aromatic heterocycles. The lowest BCUT2D eigenvalue weighted by molar-refractivity contribution is -0.138. The molecule has 0 radical (unpaired) electrons. The van der Waals surface area contributed by atoms with Crippen LogP contribution in [0.4, 0.5) is 0 Å². The summed E-state index contributed by atoms with van der Waals surface area (Å²) >= 11 is 0. The molecule has 1 aliphatic carbocycles. The highest BCUT2D eigenvalue weighted by Gasteiger charge is 2.56. The maximum Gasteiger partial charge on any atom is 0.232 e. The van der Waals surface area contributed by atoms with Crippen molar-refractivity contribution in [3.05, 3.63) is 0 Å². The molecule has 0 N–H and O–H groups in total. The van der Waals surface area contributed by atoms with E-state index < -0.39 is 0 Å². The van der Waals surface area contributed by atoms with E-state index in [1.807, 2.05) is 0 Å². The molecule has 0 aromatic rings. The van der Waals surface area contributed by atoms with Crippen LogP contribution < -0.4 is 0 Å². The van der Waals surface area contributed by atoms with Crippen molar-refractivity contribution < 1.29 is 19.1 Å². The van der Waals surface area contributed by atoms with Crippen LogP contribution in [-0.4, -0.2) is 47.2 Å². The second kappa shape index (κ2) is 6.30. The van der Waals surface area contributed by atoms with E-state index in [0.717, 1.165) is 51.4 Å². The van der Waals surface area contributed by atoms with E-state index in [9.17, 15) is 9.59 Å². The minimum atomic E-state index is -0.0588. The smallest absolute Gasteiger partial charge is 0.232 e. The Hall–Kier alpha value is -0.940. The van der Waals surface area contributed by atoms with E-state index in [0.29, 0.717) is 18.1 Å². The predicted molar refractivity (Wildman–Crippen MR) is 97.4 cm³/mol. The monoisotopic (exact) mass is 363 g/mol. The molecule has 4 rings (SSSR count). The number of imide groups is 1. The molecule has 3 saturated heterocycles. The van der Waals surface area contributed by atoms with Crippen LogP contribution in [-0.2, 0) is 19.1 Å². The summed E-state index contributed by atoms with van der Waals surface area (Å²) in [5, 5.41) is 0. The number of hydrogen-bond acceptors (Lipinski definition) is 4. The molecule has 0 aromatic carbocycles. The molecule has 1 saturated carbocycles. The number of carbonyl (C=O) groups excluding carboxylic acids is 2. The van der Waals surface area contributed by atoms with Gasteiger partial charge in [-0.15, -0.1) is 0 Å². The van der Waals surface area contributed by atoms with Gasteiger partial charge in [0.2, 0.25) is 11.8 Å². The lowest BCUT2D eigenvalue weighted by Gasteiger charge is -2.28. The van der Waals surface area contributed by atoms with Crippen LogP contribution in [0.1, 0.15) is 72.1 Å². The van der Waals surface area contributed by atoms with Crippen LogP contribution in [0.15, 0.2) is 0 Å². The van der Waals surface area contributed by atoms with Gasteiger partial charge in [0, 0.05) is 7.05 Å². The van der Waals surface area contributed by atoms with E-state index in [1.54, 1.807) is 7.05 Å². The minimum Gasteiger partial charge on any atom is -0.366 e. The average Bonchev–Trinajstić information content (AvgIpc) is 3.49. The normalized spacial score (nSPS) is 47.2. The Bertz CT molecular complexity index is 607. The van der Waals surface area contributed by atoms with Gasteiger partial charge in [0.25, 0.3) is 0 Å². The number of ether oxygens (including phenoxy) is 2. The number of likely N-dealkylation sites (tertiary alicyclic amines) is 1. The summed E-state index contributed by atoms with van der Waals surface area (Å²) < 4.78 is 11.8. The van der Waals surface area contributed by atoms with Gasteiger partial charge in [-0.05, 0) is 71.1 Å². The van der Waals surface area contributed by atoms with E-state index in [4.69, 9.17) is 9.47 Å². The number of fused-ring (bicyclic) bond motifs is 1. The zero-order valence-corrected chi connectivity index (χ0v) is 16.6. The van der Waals surface area contributed by atoms with E-state index in [-0.39, 0.29) is 34.9 Å². The zero-order valence-electron chi connectivity index (χ0n) is 16.6. The van der Waals surface area contributed by atoms with Gasteiger partial charge < -0.3 is 9.47 Å². The first-order valence-corrected chi connectivity index (χ1v) is 10.4. The summed E-state index contributed by atoms with van der Waals surface area (Å²) in [6.45, 7) is 6.62. The van der Waals surface area contributed by atoms with Gasteiger partial charge in [-0.1, -0.05) is 6.92 Å². The molecule has 26 heavy (non-hydrogen) atoms. The Morgan fingerprint density at radius 3 is 2.31 bits per heavy atom. The Balaban J connectivity index is 1.20. The first-order valence-electron chi connectivity index (χ1n) is 10.4. The first kappa shape index (κ1) is 18.4. The van der Waals surface area contributed by atoms with Crippen molar-refractivity contribution in [1.29, 1.82) is 0 Å². The fourth-order valence-electron chi connectivity index (χ4n) is 5.34. The topological polar surface area (TPSA) is 62.4 Å². The number of epoxide rings is 2. The number of nitrogens with zero attached hydrogens (tertiary/aromatic N) is 1. The van der Waals surface area contributed by atoms with Crippen LogP contribution in [0, 0.1) is 17.8 Å². The van der Waals surface area contributed by atoms with E-state index in [2.05, 4.69) is 20.8 Å². The second-order valence-electron chi connectivity index (χ2n) is 9.44. The molecule has 7 unspecified atom stereocenters. The molecule has 3 aliphatic heterocycles. The number of hydrogen-bond donors (Lipinski definition) is 0. The van der Waals surface area contributed by atoms with E-state index in [1.165, 1.54) is 4.90 Å². The van der Waals surface area contributed by atoms with Gasteiger partial charge in [-0.25, -0.2) is 0 Å². The SMILES string of the molecule is CCC1(C)OC1CCC1(C)OC1CCC1CCC2C(=O)N(C)C(=O)C2C1. The highest BCUT2D eigenvalue weighted by molar-refractivity contribution is 6.04. The molecule has 5 nitrogen and oxygen atoms in total. The van der Waals surface area contributed by atoms with E-state index >= 15 is 0 Å². The van der Waals surface area contributed by atoms with Crippen molar-refractivity contribution in [2.75, 3.05) is 7.05 Å². The average molecular weight is 363 g/mol. The lowest BCUT2D eigenvalue weighted by atomic mass is 9.73. The second-order valence-corrected chi connectivity index (χ2v) is 9.44. The summed E-state index contributed by atoms with van der Waals surface area (Å²) in [4.78, 5) is 25.7. The van der Waals surface area contributed by atoms with Gasteiger partial charge >= 0.3 is 0 Å². The molecule has 4 fully saturated rings. The Morgan fingerprint density at radius 2 is 1.62 bits per heavy atom. The quantitative estimate of drug-likeness (QED) is 0.514. The molecule has 4 aliphatic rings. The van der Waals surface area contributed by atoms with Gasteiger partial charge in [-0.3, -0.25) is 14.5 Å². The summed E-state index contributed by atoms with van der Waals surface area (Å²) in [5.41, 5.74) is 0.134. The highest BCUT2D eigenvalue weighted by atomic mass is 16.6. The molecule has 0 spiro atoms. The summed E-state index contributed by atoms with van der Waals surface area (Å²) in [5.74, 6) is 0.538. The minimum absolute atomic E-state index is 0.0250. The Morgan fingerprint density at radius 1 is 0.962 bits per heavy atom. The van der Waals surface area contributed by atoms with Crippen molar-refractivity contribution in [3.63, 3.8) is 0 Å². The van der Waals surface area contributed by atoms with Crippen molar-refractivity contribution in [1.82, 2.24) is 4.90 Å². The Labute approximate surface area is 156 Å². The van der Waals surface area contributed by atoms with Crippen LogP contribution in [0.25, 0.3) is 0 Å². The third-order valence-electron chi connectivity index (χ3n) is 7.77. The molecule has 5 heteroatoms. The van der Waals surface area contributed by atoms with Gasteiger partial charge in [0.15, 0.2) is 0 Å². The molecular weight excluding hydrogens is 330 g/mol. The summed E-state index contributed by atoms with van der Waals surface area (Å²) in [6, 6.07) is 0. The van der Waals surface area contributed by atoms with Crippen molar-refractivity contribution in [3.8, 4) is 0 Å². The third kappa shape index (κ3) is 3.11. The largest absolute Gasteiger partial charge is 0.366 e.